The number of benzene rings is 4. The minimum atomic E-state index is -1.28. The van der Waals surface area contributed by atoms with Gasteiger partial charge in [-0.15, -0.1) is 0 Å². The molecule has 9 heteroatoms. The average Bonchev–Trinajstić information content (AvgIpc) is 2.96. The number of carboxylic acids is 1. The van der Waals surface area contributed by atoms with Crippen LogP contribution < -0.4 is 14.8 Å². The van der Waals surface area contributed by atoms with Gasteiger partial charge in [0.2, 0.25) is 0 Å². The summed E-state index contributed by atoms with van der Waals surface area (Å²) in [4.78, 5) is 35.1. The van der Waals surface area contributed by atoms with Crippen LogP contribution in [-0.2, 0) is 24.4 Å². The summed E-state index contributed by atoms with van der Waals surface area (Å²) in [5.74, 6) is -1.05. The van der Waals surface area contributed by atoms with E-state index < -0.39 is 22.8 Å². The van der Waals surface area contributed by atoms with E-state index in [4.69, 9.17) is 9.47 Å². The molecule has 0 aliphatic heterocycles. The van der Waals surface area contributed by atoms with Crippen LogP contribution in [-0.4, -0.2) is 27.9 Å². The summed E-state index contributed by atoms with van der Waals surface area (Å²) in [6.45, 7) is 0.594. The molecule has 0 unspecified atom stereocenters. The number of nitrogens with zero attached hydrogens (tertiary/aromatic N) is 1. The highest BCUT2D eigenvalue weighted by Gasteiger charge is 2.23. The molecule has 39 heavy (non-hydrogen) atoms. The molecule has 0 aromatic heterocycles. The van der Waals surface area contributed by atoms with Crippen LogP contribution in [0.5, 0.6) is 11.5 Å². The van der Waals surface area contributed by atoms with E-state index in [9.17, 15) is 24.8 Å². The second-order valence-corrected chi connectivity index (χ2v) is 8.71. The van der Waals surface area contributed by atoms with Gasteiger partial charge in [-0.05, 0) is 34.9 Å². The van der Waals surface area contributed by atoms with Crippen molar-refractivity contribution in [1.29, 1.82) is 0 Å². The van der Waals surface area contributed by atoms with Gasteiger partial charge in [-0.1, -0.05) is 72.8 Å². The molecule has 1 amide bonds. The molecular formula is C30H26N2O7. The van der Waals surface area contributed by atoms with E-state index in [0.717, 1.165) is 17.2 Å². The average molecular weight is 527 g/mol. The third-order valence-electron chi connectivity index (χ3n) is 5.84. The maximum Gasteiger partial charge on any atom is 0.326 e. The smallest absolute Gasteiger partial charge is 0.326 e. The van der Waals surface area contributed by atoms with Crippen LogP contribution in [0.2, 0.25) is 0 Å². The number of amides is 1. The highest BCUT2D eigenvalue weighted by molar-refractivity contribution is 5.97. The molecule has 0 saturated heterocycles. The van der Waals surface area contributed by atoms with Crippen molar-refractivity contribution in [2.75, 3.05) is 0 Å². The number of carbonyl (C=O) groups excluding carboxylic acids is 1. The van der Waals surface area contributed by atoms with Crippen LogP contribution in [0.25, 0.3) is 0 Å². The molecule has 4 rings (SSSR count). The summed E-state index contributed by atoms with van der Waals surface area (Å²) >= 11 is 0. The number of hydrogen-bond donors (Lipinski definition) is 2. The molecule has 0 spiro atoms. The summed E-state index contributed by atoms with van der Waals surface area (Å²) in [7, 11) is 0. The Morgan fingerprint density at radius 3 is 1.97 bits per heavy atom. The number of nitro groups is 1. The first-order valence-electron chi connectivity index (χ1n) is 12.1. The van der Waals surface area contributed by atoms with E-state index in [1.807, 2.05) is 60.7 Å². The lowest BCUT2D eigenvalue weighted by Crippen LogP contribution is -2.42. The van der Waals surface area contributed by atoms with Crippen molar-refractivity contribution < 1.29 is 29.1 Å². The fourth-order valence-corrected chi connectivity index (χ4v) is 3.82. The zero-order valence-electron chi connectivity index (χ0n) is 20.9. The predicted molar refractivity (Wildman–Crippen MR) is 144 cm³/mol. The summed E-state index contributed by atoms with van der Waals surface area (Å²) in [6, 6.07) is 28.2. The van der Waals surface area contributed by atoms with Crippen molar-refractivity contribution in [1.82, 2.24) is 5.32 Å². The SMILES string of the molecule is O=C(N[C@@H](Cc1ccc(OCc2ccccc2)c(OCc2ccccc2)c1)C(=O)O)c1cccc([N+](=O)[O-])c1. The monoisotopic (exact) mass is 526 g/mol. The number of ether oxygens (including phenoxy) is 2. The second kappa shape index (κ2) is 12.9. The van der Waals surface area contributed by atoms with Crippen LogP contribution in [0, 0.1) is 10.1 Å². The van der Waals surface area contributed by atoms with Gasteiger partial charge in [0.15, 0.2) is 11.5 Å². The highest BCUT2D eigenvalue weighted by Crippen LogP contribution is 2.31. The molecule has 0 bridgehead atoms. The first kappa shape index (κ1) is 26.9. The van der Waals surface area contributed by atoms with E-state index in [1.54, 1.807) is 18.2 Å². The number of carboxylic acid groups (broad SMARTS) is 1. The van der Waals surface area contributed by atoms with Gasteiger partial charge >= 0.3 is 5.97 Å². The minimum absolute atomic E-state index is 0.00741. The van der Waals surface area contributed by atoms with Gasteiger partial charge in [-0.3, -0.25) is 14.9 Å². The van der Waals surface area contributed by atoms with Crippen molar-refractivity contribution in [3.63, 3.8) is 0 Å². The Bertz CT molecular complexity index is 1440. The third kappa shape index (κ3) is 7.65. The number of carbonyl (C=O) groups is 2. The van der Waals surface area contributed by atoms with Crippen LogP contribution in [0.3, 0.4) is 0 Å². The quantitative estimate of drug-likeness (QED) is 0.192. The zero-order valence-corrected chi connectivity index (χ0v) is 20.9. The van der Waals surface area contributed by atoms with Gasteiger partial charge in [0, 0.05) is 24.1 Å². The van der Waals surface area contributed by atoms with Gasteiger partial charge < -0.3 is 19.9 Å². The molecule has 4 aromatic carbocycles. The lowest BCUT2D eigenvalue weighted by atomic mass is 10.0. The fraction of sp³-hybridized carbons (Fsp3) is 0.133. The Morgan fingerprint density at radius 1 is 0.769 bits per heavy atom. The molecule has 9 nitrogen and oxygen atoms in total. The van der Waals surface area contributed by atoms with Crippen LogP contribution in [0.15, 0.2) is 103 Å². The summed E-state index contributed by atoms with van der Waals surface area (Å²) in [6.07, 6.45) is -0.0450. The van der Waals surface area contributed by atoms with Crippen LogP contribution in [0.4, 0.5) is 5.69 Å². The first-order valence-corrected chi connectivity index (χ1v) is 12.1. The number of hydrogen-bond acceptors (Lipinski definition) is 6. The summed E-state index contributed by atoms with van der Waals surface area (Å²) < 4.78 is 12.1. The van der Waals surface area contributed by atoms with Gasteiger partial charge in [-0.25, -0.2) is 4.79 Å². The standard InChI is InChI=1S/C30H26N2O7/c33-29(24-12-7-13-25(18-24)32(36)37)31-26(30(34)35)16-23-14-15-27(38-19-21-8-3-1-4-9-21)28(17-23)39-20-22-10-5-2-6-11-22/h1-15,17-18,26H,16,19-20H2,(H,31,33)(H,34,35)/t26-/m0/s1. The Balaban J connectivity index is 1.52. The molecule has 0 fully saturated rings. The van der Waals surface area contributed by atoms with E-state index in [2.05, 4.69) is 5.32 Å². The molecule has 0 heterocycles. The van der Waals surface area contributed by atoms with Gasteiger partial charge in [0.05, 0.1) is 4.92 Å². The second-order valence-electron chi connectivity index (χ2n) is 8.71. The van der Waals surface area contributed by atoms with Gasteiger partial charge in [-0.2, -0.15) is 0 Å². The lowest BCUT2D eigenvalue weighted by molar-refractivity contribution is -0.384. The van der Waals surface area contributed by atoms with Gasteiger partial charge in [0.1, 0.15) is 19.3 Å². The zero-order chi connectivity index (χ0) is 27.6. The molecule has 198 valence electrons. The molecule has 4 aromatic rings. The topological polar surface area (TPSA) is 128 Å². The Kier molecular flexibility index (Phi) is 8.87. The van der Waals surface area contributed by atoms with Crippen molar-refractivity contribution >= 4 is 17.6 Å². The maximum absolute atomic E-state index is 12.7. The van der Waals surface area contributed by atoms with E-state index in [0.29, 0.717) is 23.7 Å². The van der Waals surface area contributed by atoms with E-state index in [1.165, 1.54) is 18.2 Å². The summed E-state index contributed by atoms with van der Waals surface area (Å²) in [5, 5.41) is 23.3. The number of nitro benzene ring substituents is 1. The first-order chi connectivity index (χ1) is 18.9. The number of nitrogens with one attached hydrogen (secondary N) is 1. The molecular weight excluding hydrogens is 500 g/mol. The molecule has 0 radical (unpaired) electrons. The largest absolute Gasteiger partial charge is 0.485 e. The van der Waals surface area contributed by atoms with Crippen molar-refractivity contribution in [3.8, 4) is 11.5 Å². The van der Waals surface area contributed by atoms with Crippen molar-refractivity contribution in [2.45, 2.75) is 25.7 Å². The van der Waals surface area contributed by atoms with Gasteiger partial charge in [0.25, 0.3) is 11.6 Å². The van der Waals surface area contributed by atoms with Crippen LogP contribution >= 0.6 is 0 Å². The minimum Gasteiger partial charge on any atom is -0.485 e. The molecule has 2 N–H and O–H groups in total. The fourth-order valence-electron chi connectivity index (χ4n) is 3.82. The van der Waals surface area contributed by atoms with Crippen LogP contribution in [0.1, 0.15) is 27.0 Å². The summed E-state index contributed by atoms with van der Waals surface area (Å²) in [5.41, 5.74) is 2.25. The third-order valence-corrected chi connectivity index (χ3v) is 5.84. The molecule has 1 atom stereocenters. The number of non-ortho nitro benzene ring substituents is 1. The molecule has 0 aliphatic carbocycles. The number of aliphatic carboxylic acids is 1. The number of rotatable bonds is 12. The van der Waals surface area contributed by atoms with E-state index >= 15 is 0 Å². The molecule has 0 aliphatic rings. The van der Waals surface area contributed by atoms with E-state index in [-0.39, 0.29) is 24.3 Å². The van der Waals surface area contributed by atoms with Crippen molar-refractivity contribution in [2.24, 2.45) is 0 Å². The van der Waals surface area contributed by atoms with Crippen molar-refractivity contribution in [3.05, 3.63) is 135 Å². The Morgan fingerprint density at radius 2 is 1.38 bits per heavy atom. The normalized spacial score (nSPS) is 11.3. The predicted octanol–water partition coefficient (Wildman–Crippen LogP) is 5.18. The lowest BCUT2D eigenvalue weighted by Gasteiger charge is -2.17. The molecule has 0 saturated carbocycles. The Labute approximate surface area is 224 Å². The Hall–Kier alpha value is -5.18. The maximum atomic E-state index is 12.7. The highest BCUT2D eigenvalue weighted by atomic mass is 16.6.